The second kappa shape index (κ2) is 35.5. The molecule has 2 rings (SSSR count). The van der Waals surface area contributed by atoms with E-state index in [1.807, 2.05) is 12.2 Å². The van der Waals surface area contributed by atoms with Crippen LogP contribution >= 0.6 is 0 Å². The predicted octanol–water partition coefficient (Wildman–Crippen LogP) is 2.98. The second-order valence-corrected chi connectivity index (χ2v) is 9.27. The number of fused-ring (bicyclic) bond motifs is 1. The van der Waals surface area contributed by atoms with Gasteiger partial charge in [-0.25, -0.2) is 0 Å². The Kier molecular flexibility index (Phi) is 46.4. The van der Waals surface area contributed by atoms with Crippen molar-refractivity contribution in [2.45, 2.75) is 72.4 Å². The molecular formula is C29H32Co2O12. The van der Waals surface area contributed by atoms with Crippen LogP contribution in [0.4, 0.5) is 0 Å². The monoisotopic (exact) mass is 690 g/mol. The van der Waals surface area contributed by atoms with Crippen LogP contribution in [0.5, 0.6) is 0 Å². The Morgan fingerprint density at radius 3 is 1.79 bits per heavy atom. The molecule has 2 radical (unpaired) electrons. The first kappa shape index (κ1) is 56.2. The van der Waals surface area contributed by atoms with Crippen molar-refractivity contribution in [2.75, 3.05) is 13.2 Å². The molecule has 0 bridgehead atoms. The molecule has 2 aliphatic heterocycles. The largest absolute Gasteiger partial charge is 0 e. The summed E-state index contributed by atoms with van der Waals surface area (Å²) in [6.45, 7) is 38.1. The summed E-state index contributed by atoms with van der Waals surface area (Å²) in [7, 11) is 0. The fourth-order valence-electron chi connectivity index (χ4n) is 2.49. The van der Waals surface area contributed by atoms with Crippen molar-refractivity contribution in [1.82, 2.24) is 0 Å². The van der Waals surface area contributed by atoms with E-state index in [0.29, 0.717) is 13.0 Å². The number of carbonyl (C=O) groups excluding carboxylic acids is 2. The standard InChI is InChI=1S/C23H32O6.6CO.2Co/c1-22(2,3)20(24)27-15-17(29-21(25)23(4,5)6)13-12-16-9-7-10-18-19(28-16)11-8-14-26-18;6*1-2;;/h8,11-13,16-19H,10,14-15H2,1-6H3;;;;;;;;/b13-12+;;;;;;;;/t16?,17-,18-,19+;;;;;;;;/m1......../s1. The quantitative estimate of drug-likeness (QED) is 0.140. The molecule has 0 aromatic rings. The Labute approximate surface area is 273 Å². The number of hydrogen-bond acceptors (Lipinski definition) is 6. The summed E-state index contributed by atoms with van der Waals surface area (Å²) in [5, 5.41) is 0. The van der Waals surface area contributed by atoms with Gasteiger partial charge >= 0.3 is 79.8 Å². The van der Waals surface area contributed by atoms with Gasteiger partial charge in [0.25, 0.3) is 0 Å². The number of ether oxygens (including phenoxy) is 4. The number of esters is 2. The topological polar surface area (TPSA) is 190 Å². The molecule has 0 aromatic heterocycles. The average molecular weight is 690 g/mol. The molecular weight excluding hydrogens is 658 g/mol. The zero-order valence-corrected chi connectivity index (χ0v) is 26.4. The molecule has 0 fully saturated rings. The number of carbonyl (C=O) groups is 2. The van der Waals surface area contributed by atoms with Crippen molar-refractivity contribution in [3.05, 3.63) is 64.2 Å². The van der Waals surface area contributed by atoms with E-state index in [4.69, 9.17) is 46.9 Å². The summed E-state index contributed by atoms with van der Waals surface area (Å²) in [5.74, 6) is 5.38. The van der Waals surface area contributed by atoms with E-state index < -0.39 is 23.0 Å². The molecule has 0 aromatic carbocycles. The first-order chi connectivity index (χ1) is 19.5. The second-order valence-electron chi connectivity index (χ2n) is 9.27. The van der Waals surface area contributed by atoms with Gasteiger partial charge in [0.15, 0.2) is 6.10 Å². The molecule has 2 aliphatic rings. The van der Waals surface area contributed by atoms with Crippen LogP contribution in [0, 0.1) is 62.6 Å². The Hall–Kier alpha value is -2.65. The van der Waals surface area contributed by atoms with E-state index in [2.05, 4.69) is 51.7 Å². The van der Waals surface area contributed by atoms with Gasteiger partial charge in [-0.15, -0.1) is 0 Å². The van der Waals surface area contributed by atoms with E-state index >= 15 is 0 Å². The minimum atomic E-state index is -0.726. The van der Waals surface area contributed by atoms with Gasteiger partial charge in [0.2, 0.25) is 0 Å². The molecule has 0 N–H and O–H groups in total. The summed E-state index contributed by atoms with van der Waals surface area (Å²) < 4.78 is 67.6. The number of rotatable bonds is 5. The Morgan fingerprint density at radius 1 is 0.884 bits per heavy atom. The normalized spacial score (nSPS) is 17.4. The van der Waals surface area contributed by atoms with Crippen LogP contribution in [0.1, 0.15) is 48.0 Å². The van der Waals surface area contributed by atoms with Crippen molar-refractivity contribution in [3.8, 4) is 11.8 Å². The van der Waals surface area contributed by atoms with Crippen molar-refractivity contribution in [2.24, 2.45) is 10.8 Å². The van der Waals surface area contributed by atoms with E-state index in [-0.39, 0.29) is 64.3 Å². The molecule has 0 saturated heterocycles. The van der Waals surface area contributed by atoms with Gasteiger partial charge in [-0.05, 0) is 53.7 Å². The minimum Gasteiger partial charge on any atom is 0 e. The summed E-state index contributed by atoms with van der Waals surface area (Å²) >= 11 is 0. The van der Waals surface area contributed by atoms with E-state index in [1.165, 1.54) is 0 Å². The van der Waals surface area contributed by atoms with Crippen molar-refractivity contribution in [3.63, 3.8) is 0 Å². The predicted molar refractivity (Wildman–Crippen MR) is 132 cm³/mol. The van der Waals surface area contributed by atoms with Crippen molar-refractivity contribution >= 4 is 11.9 Å². The van der Waals surface area contributed by atoms with Crippen LogP contribution in [-0.4, -0.2) is 49.6 Å². The van der Waals surface area contributed by atoms with Crippen LogP contribution in [0.25, 0.3) is 0 Å². The third kappa shape index (κ3) is 27.9. The van der Waals surface area contributed by atoms with Gasteiger partial charge in [-0.2, -0.15) is 0 Å². The molecule has 14 heteroatoms. The summed E-state index contributed by atoms with van der Waals surface area (Å²) in [4.78, 5) is 24.4. The van der Waals surface area contributed by atoms with Gasteiger partial charge in [0, 0.05) is 40.0 Å². The fourth-order valence-corrected chi connectivity index (χ4v) is 2.49. The van der Waals surface area contributed by atoms with Crippen molar-refractivity contribution < 1.29 is 90.0 Å². The molecule has 0 saturated carbocycles. The van der Waals surface area contributed by atoms with Crippen LogP contribution < -0.4 is 0 Å². The van der Waals surface area contributed by atoms with Crippen LogP contribution in [0.3, 0.4) is 0 Å². The molecule has 0 amide bonds. The van der Waals surface area contributed by atoms with Crippen LogP contribution in [0.2, 0.25) is 0 Å². The maximum Gasteiger partial charge on any atom is 0 e. The maximum absolute atomic E-state index is 12.3. The van der Waals surface area contributed by atoms with Gasteiger partial charge in [0.05, 0.1) is 23.5 Å². The van der Waals surface area contributed by atoms with Crippen LogP contribution in [0.15, 0.2) is 24.3 Å². The molecule has 1 unspecified atom stereocenters. The minimum absolute atomic E-state index is 0. The molecule has 4 atom stereocenters. The Bertz CT molecular complexity index is 935. The first-order valence-corrected chi connectivity index (χ1v) is 11.2. The molecule has 2 heterocycles. The average Bonchev–Trinajstić information content (AvgIpc) is 3.21. The zero-order valence-electron chi connectivity index (χ0n) is 24.3. The SMILES string of the molecule is CC(C)(C)C(=O)OC[C@@H](/C=C/C1C#CC[C@H]2OCC=C[C@@H]2O1)OC(=O)C(C)(C)C.[C-]#[O+].[C-]#[O+].[C-]#[O+].[C-]#[O+].[C-]#[O+].[C-]#[O+].[Co].[Co]. The third-order valence-corrected chi connectivity index (χ3v) is 4.31. The smallest absolute Gasteiger partial charge is 0 e. The van der Waals surface area contributed by atoms with Gasteiger partial charge in [-0.3, -0.25) is 9.59 Å². The Morgan fingerprint density at radius 2 is 1.35 bits per heavy atom. The van der Waals surface area contributed by atoms with E-state index in [0.717, 1.165) is 0 Å². The summed E-state index contributed by atoms with van der Waals surface area (Å²) in [5.41, 5.74) is -1.31. The van der Waals surface area contributed by atoms with Crippen molar-refractivity contribution in [1.29, 1.82) is 0 Å². The number of hydrogen-bond donors (Lipinski definition) is 0. The maximum atomic E-state index is 12.3. The van der Waals surface area contributed by atoms with Crippen LogP contribution in [-0.2, 0) is 90.0 Å². The molecule has 12 nitrogen and oxygen atoms in total. The zero-order chi connectivity index (χ0) is 33.7. The Balaban J connectivity index is -0.000000165. The summed E-state index contributed by atoms with van der Waals surface area (Å²) in [6, 6.07) is 0. The third-order valence-electron chi connectivity index (χ3n) is 4.31. The fraction of sp³-hybridized carbons (Fsp3) is 0.517. The summed E-state index contributed by atoms with van der Waals surface area (Å²) in [6.07, 6.45) is 6.46. The van der Waals surface area contributed by atoms with Gasteiger partial charge in [0.1, 0.15) is 18.8 Å². The molecule has 238 valence electrons. The molecule has 0 aliphatic carbocycles. The first-order valence-electron chi connectivity index (χ1n) is 11.2. The van der Waals surface area contributed by atoms with Gasteiger partial charge in [-0.1, -0.05) is 24.0 Å². The molecule has 0 spiro atoms. The van der Waals surface area contributed by atoms with E-state index in [9.17, 15) is 9.59 Å². The molecule has 43 heavy (non-hydrogen) atoms. The van der Waals surface area contributed by atoms with Gasteiger partial charge < -0.3 is 18.9 Å². The van der Waals surface area contributed by atoms with E-state index in [1.54, 1.807) is 53.7 Å².